The van der Waals surface area contributed by atoms with Gasteiger partial charge in [-0.25, -0.2) is 4.98 Å². The second kappa shape index (κ2) is 8.56. The Morgan fingerprint density at radius 1 is 1.03 bits per heavy atom. The van der Waals surface area contributed by atoms with Gasteiger partial charge in [0.25, 0.3) is 5.91 Å². The van der Waals surface area contributed by atoms with Gasteiger partial charge in [0.1, 0.15) is 11.5 Å². The predicted octanol–water partition coefficient (Wildman–Crippen LogP) is 3.57. The van der Waals surface area contributed by atoms with Crippen LogP contribution in [0.5, 0.6) is 0 Å². The van der Waals surface area contributed by atoms with E-state index in [-0.39, 0.29) is 5.91 Å². The molecule has 0 radical (unpaired) electrons. The van der Waals surface area contributed by atoms with Crippen molar-refractivity contribution < 1.29 is 4.79 Å². The second-order valence-electron chi connectivity index (χ2n) is 6.93. The highest BCUT2D eigenvalue weighted by Crippen LogP contribution is 2.17. The van der Waals surface area contributed by atoms with E-state index in [9.17, 15) is 4.79 Å². The number of H-pyrrole nitrogens is 1. The van der Waals surface area contributed by atoms with Gasteiger partial charge in [0.15, 0.2) is 0 Å². The first-order chi connectivity index (χ1) is 14.2. The third kappa shape index (κ3) is 4.43. The maximum Gasteiger partial charge on any atom is 0.267 e. The van der Waals surface area contributed by atoms with Crippen molar-refractivity contribution >= 4 is 22.6 Å². The van der Waals surface area contributed by atoms with Gasteiger partial charge in [-0.3, -0.25) is 9.78 Å². The lowest BCUT2D eigenvalue weighted by molar-refractivity contribution is 0.0947. The summed E-state index contributed by atoms with van der Waals surface area (Å²) in [6.07, 6.45) is 4.41. The number of nitrogens with zero attached hydrogens (tertiary/aromatic N) is 3. The number of fused-ring (bicyclic) bond motifs is 1. The van der Waals surface area contributed by atoms with E-state index in [1.165, 1.54) is 0 Å². The smallest absolute Gasteiger partial charge is 0.267 e. The number of carbonyl (C=O) groups excluding carboxylic acids is 1. The molecule has 0 fully saturated rings. The number of aromatic amines is 1. The quantitative estimate of drug-likeness (QED) is 0.510. The molecule has 0 bridgehead atoms. The molecule has 0 atom stereocenters. The van der Waals surface area contributed by atoms with Crippen LogP contribution in [0.2, 0.25) is 0 Å². The molecule has 0 aliphatic carbocycles. The minimum atomic E-state index is -0.132. The van der Waals surface area contributed by atoms with Crippen LogP contribution in [0.15, 0.2) is 73.1 Å². The van der Waals surface area contributed by atoms with Crippen LogP contribution in [0.4, 0.5) is 5.82 Å². The molecule has 1 aromatic carbocycles. The first-order valence-electron chi connectivity index (χ1n) is 9.61. The van der Waals surface area contributed by atoms with Crippen LogP contribution in [-0.2, 0) is 13.0 Å². The summed E-state index contributed by atoms with van der Waals surface area (Å²) in [5, 5.41) is 4.02. The van der Waals surface area contributed by atoms with Gasteiger partial charge in [-0.1, -0.05) is 30.3 Å². The molecule has 29 heavy (non-hydrogen) atoms. The molecule has 0 aliphatic rings. The fourth-order valence-corrected chi connectivity index (χ4v) is 3.31. The van der Waals surface area contributed by atoms with Crippen LogP contribution in [-0.4, -0.2) is 34.5 Å². The van der Waals surface area contributed by atoms with Gasteiger partial charge >= 0.3 is 0 Å². The summed E-state index contributed by atoms with van der Waals surface area (Å²) >= 11 is 0. The fourth-order valence-electron chi connectivity index (χ4n) is 3.31. The Morgan fingerprint density at radius 2 is 1.86 bits per heavy atom. The third-order valence-electron chi connectivity index (χ3n) is 4.87. The minimum Gasteiger partial charge on any atom is -0.359 e. The molecule has 0 spiro atoms. The molecule has 1 amide bonds. The zero-order chi connectivity index (χ0) is 20.1. The summed E-state index contributed by atoms with van der Waals surface area (Å²) in [6.45, 7) is 1.20. The molecule has 0 saturated carbocycles. The molecule has 6 nitrogen and oxygen atoms in total. The number of pyridine rings is 2. The first kappa shape index (κ1) is 18.7. The van der Waals surface area contributed by atoms with E-state index in [4.69, 9.17) is 0 Å². The van der Waals surface area contributed by atoms with Crippen LogP contribution in [0.25, 0.3) is 10.9 Å². The summed E-state index contributed by atoms with van der Waals surface area (Å²) in [7, 11) is 2.01. The zero-order valence-corrected chi connectivity index (χ0v) is 16.3. The van der Waals surface area contributed by atoms with Gasteiger partial charge in [0, 0.05) is 61.1 Å². The van der Waals surface area contributed by atoms with Crippen LogP contribution < -0.4 is 10.2 Å². The number of anilines is 1. The van der Waals surface area contributed by atoms with Gasteiger partial charge in [0.2, 0.25) is 0 Å². The molecule has 0 aliphatic heterocycles. The van der Waals surface area contributed by atoms with Crippen molar-refractivity contribution in [3.63, 3.8) is 0 Å². The number of nitrogens with one attached hydrogen (secondary N) is 2. The Labute approximate surface area is 169 Å². The largest absolute Gasteiger partial charge is 0.359 e. The second-order valence-corrected chi connectivity index (χ2v) is 6.93. The number of hydrogen-bond donors (Lipinski definition) is 2. The van der Waals surface area contributed by atoms with Crippen LogP contribution in [0, 0.1) is 0 Å². The van der Waals surface area contributed by atoms with Gasteiger partial charge in [-0.05, 0) is 30.3 Å². The minimum absolute atomic E-state index is 0.132. The molecule has 2 N–H and O–H groups in total. The highest BCUT2D eigenvalue weighted by atomic mass is 16.1. The standard InChI is InChI=1S/C23H23N5O/c1-28(14-11-19-9-4-5-12-24-19)22-18(8-6-13-25-22)16-26-23(29)21-15-17-7-2-3-10-20(17)27-21/h2-10,12-13,15,27H,11,14,16H2,1H3,(H,26,29). The van der Waals surface area contributed by atoms with E-state index in [0.717, 1.165) is 40.9 Å². The molecule has 4 rings (SSSR count). The molecule has 3 aromatic heterocycles. The Morgan fingerprint density at radius 3 is 2.69 bits per heavy atom. The monoisotopic (exact) mass is 385 g/mol. The van der Waals surface area contributed by atoms with Crippen LogP contribution >= 0.6 is 0 Å². The number of likely N-dealkylation sites (N-methyl/N-ethyl adjacent to an activating group) is 1. The van der Waals surface area contributed by atoms with Crippen molar-refractivity contribution in [3.05, 3.63) is 90.0 Å². The Kier molecular flexibility index (Phi) is 5.52. The summed E-state index contributed by atoms with van der Waals surface area (Å²) in [6, 6.07) is 19.5. The van der Waals surface area contributed by atoms with Gasteiger partial charge in [0.05, 0.1) is 0 Å². The topological polar surface area (TPSA) is 73.9 Å². The van der Waals surface area contributed by atoms with Crippen molar-refractivity contribution in [2.45, 2.75) is 13.0 Å². The van der Waals surface area contributed by atoms with E-state index in [1.54, 1.807) is 12.4 Å². The Balaban J connectivity index is 1.41. The molecular formula is C23H23N5O. The normalized spacial score (nSPS) is 10.8. The van der Waals surface area contributed by atoms with E-state index in [0.29, 0.717) is 12.2 Å². The maximum absolute atomic E-state index is 12.6. The molecule has 4 aromatic rings. The fraction of sp³-hybridized carbons (Fsp3) is 0.174. The number of para-hydroxylation sites is 1. The van der Waals surface area contributed by atoms with Gasteiger partial charge in [-0.15, -0.1) is 0 Å². The van der Waals surface area contributed by atoms with Crippen LogP contribution in [0.3, 0.4) is 0 Å². The third-order valence-corrected chi connectivity index (χ3v) is 4.87. The highest BCUT2D eigenvalue weighted by molar-refractivity contribution is 5.97. The van der Waals surface area contributed by atoms with Crippen molar-refractivity contribution in [3.8, 4) is 0 Å². The average Bonchev–Trinajstić information content (AvgIpc) is 3.21. The van der Waals surface area contributed by atoms with E-state index in [2.05, 4.69) is 25.2 Å². The lowest BCUT2D eigenvalue weighted by Crippen LogP contribution is -2.27. The van der Waals surface area contributed by atoms with Crippen molar-refractivity contribution in [2.75, 3.05) is 18.5 Å². The Bertz CT molecular complexity index is 1070. The summed E-state index contributed by atoms with van der Waals surface area (Å²) in [4.78, 5) is 26.7. The number of amides is 1. The molecule has 146 valence electrons. The highest BCUT2D eigenvalue weighted by Gasteiger charge is 2.13. The lowest BCUT2D eigenvalue weighted by Gasteiger charge is -2.21. The van der Waals surface area contributed by atoms with Crippen LogP contribution in [0.1, 0.15) is 21.7 Å². The number of benzene rings is 1. The number of rotatable bonds is 7. The first-order valence-corrected chi connectivity index (χ1v) is 9.61. The van der Waals surface area contributed by atoms with Crippen molar-refractivity contribution in [1.29, 1.82) is 0 Å². The molecule has 0 saturated heterocycles. The van der Waals surface area contributed by atoms with E-state index < -0.39 is 0 Å². The van der Waals surface area contributed by atoms with Gasteiger partial charge < -0.3 is 15.2 Å². The van der Waals surface area contributed by atoms with Gasteiger partial charge in [-0.2, -0.15) is 0 Å². The number of aromatic nitrogens is 3. The molecule has 0 unspecified atom stereocenters. The summed E-state index contributed by atoms with van der Waals surface area (Å²) < 4.78 is 0. The SMILES string of the molecule is CN(CCc1ccccn1)c1ncccc1CNC(=O)c1cc2ccccc2[nH]1. The van der Waals surface area contributed by atoms with E-state index >= 15 is 0 Å². The van der Waals surface area contributed by atoms with Crippen molar-refractivity contribution in [1.82, 2.24) is 20.3 Å². The molecular weight excluding hydrogens is 362 g/mol. The zero-order valence-electron chi connectivity index (χ0n) is 16.3. The van der Waals surface area contributed by atoms with E-state index in [1.807, 2.05) is 67.7 Å². The summed E-state index contributed by atoms with van der Waals surface area (Å²) in [5.74, 6) is 0.729. The summed E-state index contributed by atoms with van der Waals surface area (Å²) in [5.41, 5.74) is 3.53. The molecule has 3 heterocycles. The number of carbonyl (C=O) groups is 1. The Hall–Kier alpha value is -3.67. The predicted molar refractivity (Wildman–Crippen MR) is 115 cm³/mol. The lowest BCUT2D eigenvalue weighted by atomic mass is 10.2. The molecule has 6 heteroatoms. The average molecular weight is 385 g/mol. The maximum atomic E-state index is 12.6. The van der Waals surface area contributed by atoms with Crippen molar-refractivity contribution in [2.24, 2.45) is 0 Å². The number of hydrogen-bond acceptors (Lipinski definition) is 4.